The van der Waals surface area contributed by atoms with Crippen LogP contribution in [0.25, 0.3) is 11.0 Å². The van der Waals surface area contributed by atoms with Crippen molar-refractivity contribution in [2.75, 3.05) is 6.61 Å². The average Bonchev–Trinajstić information content (AvgIpc) is 2.67. The van der Waals surface area contributed by atoms with Crippen LogP contribution in [-0.2, 0) is 10.6 Å². The van der Waals surface area contributed by atoms with Crippen molar-refractivity contribution in [2.24, 2.45) is 0 Å². The van der Waals surface area contributed by atoms with Gasteiger partial charge in [-0.1, -0.05) is 12.1 Å². The van der Waals surface area contributed by atoms with Crippen LogP contribution in [0.5, 0.6) is 0 Å². The lowest BCUT2D eigenvalue weighted by Crippen LogP contribution is -2.11. The number of rotatable bonds is 4. The summed E-state index contributed by atoms with van der Waals surface area (Å²) in [5.74, 6) is 1.25. The zero-order valence-corrected chi connectivity index (χ0v) is 10.2. The van der Waals surface area contributed by atoms with E-state index in [1.54, 1.807) is 0 Å². The Hall–Kier alpha value is -1.06. The van der Waals surface area contributed by atoms with E-state index in [-0.39, 0.29) is 6.23 Å². The Morgan fingerprint density at radius 3 is 2.88 bits per heavy atom. The van der Waals surface area contributed by atoms with Gasteiger partial charge in [0.1, 0.15) is 12.1 Å². The predicted octanol–water partition coefficient (Wildman–Crippen LogP) is 3.33. The van der Waals surface area contributed by atoms with Crippen LogP contribution in [0.4, 0.5) is 0 Å². The van der Waals surface area contributed by atoms with Crippen molar-refractivity contribution in [3.8, 4) is 0 Å². The third-order valence-corrected chi connectivity index (χ3v) is 2.80. The molecule has 0 N–H and O–H groups in total. The molecule has 0 saturated heterocycles. The first-order chi connectivity index (χ1) is 7.77. The molecule has 0 aliphatic heterocycles. The lowest BCUT2D eigenvalue weighted by atomic mass is 10.3. The third-order valence-electron chi connectivity index (χ3n) is 2.56. The molecule has 2 rings (SSSR count). The highest BCUT2D eigenvalue weighted by molar-refractivity contribution is 6.16. The number of halogens is 1. The molecule has 0 aliphatic rings. The molecule has 0 spiro atoms. The van der Waals surface area contributed by atoms with Crippen LogP contribution in [0.15, 0.2) is 24.3 Å². The summed E-state index contributed by atoms with van der Waals surface area (Å²) in [7, 11) is 0. The number of benzene rings is 1. The number of para-hydroxylation sites is 2. The molecule has 2 aromatic rings. The van der Waals surface area contributed by atoms with Crippen molar-refractivity contribution in [3.63, 3.8) is 0 Å². The summed E-state index contributed by atoms with van der Waals surface area (Å²) >= 11 is 5.91. The first kappa shape index (κ1) is 11.4. The summed E-state index contributed by atoms with van der Waals surface area (Å²) in [6.45, 7) is 4.67. The fourth-order valence-electron chi connectivity index (χ4n) is 1.91. The molecule has 3 nitrogen and oxygen atoms in total. The van der Waals surface area contributed by atoms with Crippen molar-refractivity contribution >= 4 is 22.6 Å². The molecule has 86 valence electrons. The molecule has 0 saturated carbocycles. The molecule has 0 bridgehead atoms. The Morgan fingerprint density at radius 2 is 2.19 bits per heavy atom. The summed E-state index contributed by atoms with van der Waals surface area (Å²) in [6.07, 6.45) is -0.0360. The van der Waals surface area contributed by atoms with Gasteiger partial charge in [0.15, 0.2) is 0 Å². The van der Waals surface area contributed by atoms with Crippen LogP contribution < -0.4 is 0 Å². The van der Waals surface area contributed by atoms with E-state index in [0.717, 1.165) is 16.9 Å². The third kappa shape index (κ3) is 1.93. The molecule has 16 heavy (non-hydrogen) atoms. The minimum atomic E-state index is -0.0360. The number of hydrogen-bond acceptors (Lipinski definition) is 2. The van der Waals surface area contributed by atoms with E-state index in [1.165, 1.54) is 0 Å². The summed E-state index contributed by atoms with van der Waals surface area (Å²) < 4.78 is 7.65. The van der Waals surface area contributed by atoms with E-state index in [0.29, 0.717) is 12.5 Å². The van der Waals surface area contributed by atoms with Crippen molar-refractivity contribution in [3.05, 3.63) is 30.1 Å². The van der Waals surface area contributed by atoms with Crippen molar-refractivity contribution in [1.29, 1.82) is 0 Å². The van der Waals surface area contributed by atoms with E-state index in [1.807, 2.05) is 42.7 Å². The van der Waals surface area contributed by atoms with Crippen LogP contribution in [0.1, 0.15) is 25.9 Å². The second kappa shape index (κ2) is 4.85. The molecule has 0 radical (unpaired) electrons. The van der Waals surface area contributed by atoms with Gasteiger partial charge in [-0.2, -0.15) is 0 Å². The van der Waals surface area contributed by atoms with Gasteiger partial charge in [0.25, 0.3) is 0 Å². The van der Waals surface area contributed by atoms with Gasteiger partial charge in [-0.15, -0.1) is 11.6 Å². The number of imidazole rings is 1. The largest absolute Gasteiger partial charge is 0.359 e. The van der Waals surface area contributed by atoms with Crippen molar-refractivity contribution in [1.82, 2.24) is 9.55 Å². The highest BCUT2D eigenvalue weighted by atomic mass is 35.5. The topological polar surface area (TPSA) is 27.1 Å². The quantitative estimate of drug-likeness (QED) is 0.764. The van der Waals surface area contributed by atoms with Crippen LogP contribution in [0.2, 0.25) is 0 Å². The standard InChI is InChI=1S/C12H15ClN2O/c1-3-16-9(2)15-11-7-5-4-6-10(11)14-12(15)8-13/h4-7,9H,3,8H2,1-2H3. The molecule has 1 aromatic heterocycles. The summed E-state index contributed by atoms with van der Waals surface area (Å²) in [5.41, 5.74) is 2.03. The number of alkyl halides is 1. The molecule has 1 heterocycles. The fraction of sp³-hybridized carbons (Fsp3) is 0.417. The van der Waals surface area contributed by atoms with Gasteiger partial charge >= 0.3 is 0 Å². The number of hydrogen-bond donors (Lipinski definition) is 0. The van der Waals surface area contributed by atoms with Crippen molar-refractivity contribution < 1.29 is 4.74 Å². The van der Waals surface area contributed by atoms with E-state index in [2.05, 4.69) is 4.98 Å². The lowest BCUT2D eigenvalue weighted by Gasteiger charge is -2.16. The highest BCUT2D eigenvalue weighted by Gasteiger charge is 2.14. The van der Waals surface area contributed by atoms with Crippen LogP contribution in [0, 0.1) is 0 Å². The Morgan fingerprint density at radius 1 is 1.44 bits per heavy atom. The Balaban J connectivity index is 2.55. The van der Waals surface area contributed by atoms with Gasteiger partial charge in [0.05, 0.1) is 16.9 Å². The molecule has 0 fully saturated rings. The second-order valence-corrected chi connectivity index (χ2v) is 3.84. The first-order valence-electron chi connectivity index (χ1n) is 5.41. The molecule has 1 atom stereocenters. The van der Waals surface area contributed by atoms with Gasteiger partial charge < -0.3 is 9.30 Å². The van der Waals surface area contributed by atoms with Crippen LogP contribution in [0.3, 0.4) is 0 Å². The van der Waals surface area contributed by atoms with Gasteiger partial charge in [-0.3, -0.25) is 0 Å². The van der Waals surface area contributed by atoms with Crippen molar-refractivity contribution in [2.45, 2.75) is 26.0 Å². The average molecular weight is 239 g/mol. The number of nitrogens with zero attached hydrogens (tertiary/aromatic N) is 2. The number of fused-ring (bicyclic) bond motifs is 1. The molecular formula is C12H15ClN2O. The molecule has 1 unspecified atom stereocenters. The summed E-state index contributed by atoms with van der Waals surface area (Å²) in [4.78, 5) is 4.49. The lowest BCUT2D eigenvalue weighted by molar-refractivity contribution is 0.0261. The molecule has 0 amide bonds. The first-order valence-corrected chi connectivity index (χ1v) is 5.94. The van der Waals surface area contributed by atoms with Gasteiger partial charge in [0.2, 0.25) is 0 Å². The number of aromatic nitrogens is 2. The Labute approximate surface area is 100.0 Å². The molecule has 4 heteroatoms. The van der Waals surface area contributed by atoms with Gasteiger partial charge in [0, 0.05) is 6.61 Å². The maximum Gasteiger partial charge on any atom is 0.132 e. The zero-order chi connectivity index (χ0) is 11.5. The van der Waals surface area contributed by atoms with E-state index < -0.39 is 0 Å². The van der Waals surface area contributed by atoms with E-state index in [9.17, 15) is 0 Å². The highest BCUT2D eigenvalue weighted by Crippen LogP contribution is 2.22. The maximum atomic E-state index is 5.91. The minimum absolute atomic E-state index is 0.0360. The molecule has 1 aromatic carbocycles. The molecular weight excluding hydrogens is 224 g/mol. The summed E-state index contributed by atoms with van der Waals surface area (Å²) in [6, 6.07) is 7.99. The van der Waals surface area contributed by atoms with Crippen LogP contribution in [-0.4, -0.2) is 16.2 Å². The fourth-order valence-corrected chi connectivity index (χ4v) is 2.10. The maximum absolute atomic E-state index is 5.91. The van der Waals surface area contributed by atoms with Crippen LogP contribution >= 0.6 is 11.6 Å². The van der Waals surface area contributed by atoms with Gasteiger partial charge in [-0.25, -0.2) is 4.98 Å². The monoisotopic (exact) mass is 238 g/mol. The van der Waals surface area contributed by atoms with E-state index >= 15 is 0 Å². The minimum Gasteiger partial charge on any atom is -0.359 e. The SMILES string of the molecule is CCOC(C)n1c(CCl)nc2ccccc21. The molecule has 0 aliphatic carbocycles. The summed E-state index contributed by atoms with van der Waals surface area (Å²) in [5, 5.41) is 0. The van der Waals surface area contributed by atoms with E-state index in [4.69, 9.17) is 16.3 Å². The Bertz CT molecular complexity index is 481. The number of ether oxygens (including phenoxy) is 1. The smallest absolute Gasteiger partial charge is 0.132 e. The zero-order valence-electron chi connectivity index (χ0n) is 9.48. The Kier molecular flexibility index (Phi) is 3.46. The van der Waals surface area contributed by atoms with Gasteiger partial charge in [-0.05, 0) is 26.0 Å². The predicted molar refractivity (Wildman–Crippen MR) is 65.6 cm³/mol. The second-order valence-electron chi connectivity index (χ2n) is 3.58. The normalized spacial score (nSPS) is 13.2.